The third-order valence-electron chi connectivity index (χ3n) is 2.76. The zero-order valence-corrected chi connectivity index (χ0v) is 8.29. The molecule has 1 aliphatic rings. The minimum atomic E-state index is -0.121. The SMILES string of the molecule is CNC(=O)C(C)N1CCC[C@H]1CO. The van der Waals surface area contributed by atoms with Gasteiger partial charge in [0.15, 0.2) is 0 Å². The van der Waals surface area contributed by atoms with Gasteiger partial charge in [-0.2, -0.15) is 0 Å². The molecule has 4 nitrogen and oxygen atoms in total. The summed E-state index contributed by atoms with van der Waals surface area (Å²) >= 11 is 0. The number of carbonyl (C=O) groups is 1. The van der Waals surface area contributed by atoms with E-state index < -0.39 is 0 Å². The van der Waals surface area contributed by atoms with Gasteiger partial charge in [0.25, 0.3) is 0 Å². The van der Waals surface area contributed by atoms with E-state index in [0.29, 0.717) is 0 Å². The fourth-order valence-electron chi connectivity index (χ4n) is 1.92. The summed E-state index contributed by atoms with van der Waals surface area (Å²) in [6.45, 7) is 2.95. The van der Waals surface area contributed by atoms with Crippen molar-refractivity contribution in [1.82, 2.24) is 10.2 Å². The number of nitrogens with one attached hydrogen (secondary N) is 1. The molecule has 1 amide bonds. The number of aliphatic hydroxyl groups is 1. The number of nitrogens with zero attached hydrogens (tertiary/aromatic N) is 1. The standard InChI is InChI=1S/C9H18N2O2/c1-7(9(13)10-2)11-5-3-4-8(11)6-12/h7-8,12H,3-6H2,1-2H3,(H,10,13)/t7?,8-/m0/s1. The van der Waals surface area contributed by atoms with Crippen molar-refractivity contribution in [2.45, 2.75) is 31.8 Å². The zero-order valence-electron chi connectivity index (χ0n) is 8.29. The largest absolute Gasteiger partial charge is 0.395 e. The molecule has 0 aromatic rings. The van der Waals surface area contributed by atoms with E-state index in [2.05, 4.69) is 10.2 Å². The van der Waals surface area contributed by atoms with Crippen molar-refractivity contribution in [3.05, 3.63) is 0 Å². The Labute approximate surface area is 78.9 Å². The zero-order chi connectivity index (χ0) is 9.84. The fourth-order valence-corrected chi connectivity index (χ4v) is 1.92. The summed E-state index contributed by atoms with van der Waals surface area (Å²) in [5.41, 5.74) is 0. The van der Waals surface area contributed by atoms with Gasteiger partial charge in [-0.1, -0.05) is 0 Å². The van der Waals surface area contributed by atoms with Crippen molar-refractivity contribution in [2.75, 3.05) is 20.2 Å². The highest BCUT2D eigenvalue weighted by atomic mass is 16.3. The molecular weight excluding hydrogens is 168 g/mol. The highest BCUT2D eigenvalue weighted by molar-refractivity contribution is 5.81. The van der Waals surface area contributed by atoms with Gasteiger partial charge in [0.2, 0.25) is 5.91 Å². The molecule has 0 radical (unpaired) electrons. The van der Waals surface area contributed by atoms with Crippen LogP contribution in [0.1, 0.15) is 19.8 Å². The van der Waals surface area contributed by atoms with Gasteiger partial charge < -0.3 is 10.4 Å². The van der Waals surface area contributed by atoms with E-state index in [9.17, 15) is 4.79 Å². The molecular formula is C9H18N2O2. The van der Waals surface area contributed by atoms with Crippen LogP contribution in [0.2, 0.25) is 0 Å². The quantitative estimate of drug-likeness (QED) is 0.629. The van der Waals surface area contributed by atoms with Crippen LogP contribution in [0.4, 0.5) is 0 Å². The maximum atomic E-state index is 11.3. The van der Waals surface area contributed by atoms with Crippen LogP contribution >= 0.6 is 0 Å². The van der Waals surface area contributed by atoms with Crippen LogP contribution < -0.4 is 5.32 Å². The van der Waals surface area contributed by atoms with Gasteiger partial charge in [-0.3, -0.25) is 9.69 Å². The van der Waals surface area contributed by atoms with Crippen molar-refractivity contribution in [3.8, 4) is 0 Å². The Hall–Kier alpha value is -0.610. The van der Waals surface area contributed by atoms with Crippen molar-refractivity contribution in [2.24, 2.45) is 0 Å². The van der Waals surface area contributed by atoms with E-state index in [1.165, 1.54) is 0 Å². The third kappa shape index (κ3) is 2.19. The van der Waals surface area contributed by atoms with Gasteiger partial charge in [0.1, 0.15) is 0 Å². The molecule has 1 rings (SSSR count). The molecule has 13 heavy (non-hydrogen) atoms. The molecule has 2 atom stereocenters. The predicted molar refractivity (Wildman–Crippen MR) is 50.3 cm³/mol. The summed E-state index contributed by atoms with van der Waals surface area (Å²) in [5.74, 6) is 0.0281. The summed E-state index contributed by atoms with van der Waals surface area (Å²) in [6.07, 6.45) is 2.07. The van der Waals surface area contributed by atoms with Crippen molar-refractivity contribution in [1.29, 1.82) is 0 Å². The second-order valence-electron chi connectivity index (χ2n) is 3.51. The Morgan fingerprint density at radius 2 is 2.46 bits per heavy atom. The van der Waals surface area contributed by atoms with Gasteiger partial charge in [0.05, 0.1) is 12.6 Å². The molecule has 0 bridgehead atoms. The first-order chi connectivity index (χ1) is 6.20. The average Bonchev–Trinajstić information content (AvgIpc) is 2.62. The minimum absolute atomic E-state index is 0.0281. The first-order valence-corrected chi connectivity index (χ1v) is 4.79. The van der Waals surface area contributed by atoms with Crippen LogP contribution in [0.5, 0.6) is 0 Å². The molecule has 1 saturated heterocycles. The lowest BCUT2D eigenvalue weighted by Gasteiger charge is -2.27. The normalized spacial score (nSPS) is 25.9. The highest BCUT2D eigenvalue weighted by Gasteiger charge is 2.30. The molecule has 0 aromatic heterocycles. The number of likely N-dealkylation sites (N-methyl/N-ethyl adjacent to an activating group) is 1. The number of rotatable bonds is 3. The van der Waals surface area contributed by atoms with Crippen LogP contribution in [-0.2, 0) is 4.79 Å². The van der Waals surface area contributed by atoms with Gasteiger partial charge in [-0.05, 0) is 26.3 Å². The first-order valence-electron chi connectivity index (χ1n) is 4.79. The second-order valence-corrected chi connectivity index (χ2v) is 3.51. The second kappa shape index (κ2) is 4.58. The summed E-state index contributed by atoms with van der Waals surface area (Å²) in [6, 6.07) is 0.0527. The van der Waals surface area contributed by atoms with Gasteiger partial charge in [-0.25, -0.2) is 0 Å². The van der Waals surface area contributed by atoms with E-state index in [0.717, 1.165) is 19.4 Å². The fraction of sp³-hybridized carbons (Fsp3) is 0.889. The van der Waals surface area contributed by atoms with Crippen LogP contribution in [0, 0.1) is 0 Å². The van der Waals surface area contributed by atoms with E-state index in [1.807, 2.05) is 6.92 Å². The maximum absolute atomic E-state index is 11.3. The van der Waals surface area contributed by atoms with Crippen LogP contribution in [0.15, 0.2) is 0 Å². The Kier molecular flexibility index (Phi) is 3.69. The molecule has 76 valence electrons. The molecule has 2 N–H and O–H groups in total. The lowest BCUT2D eigenvalue weighted by molar-refractivity contribution is -0.125. The van der Waals surface area contributed by atoms with Crippen molar-refractivity contribution < 1.29 is 9.90 Å². The summed E-state index contributed by atoms with van der Waals surface area (Å²) < 4.78 is 0. The molecule has 1 aliphatic heterocycles. The monoisotopic (exact) mass is 186 g/mol. The van der Waals surface area contributed by atoms with Crippen molar-refractivity contribution in [3.63, 3.8) is 0 Å². The smallest absolute Gasteiger partial charge is 0.236 e. The van der Waals surface area contributed by atoms with E-state index >= 15 is 0 Å². The molecule has 0 aliphatic carbocycles. The molecule has 4 heteroatoms. The molecule has 0 saturated carbocycles. The third-order valence-corrected chi connectivity index (χ3v) is 2.76. The van der Waals surface area contributed by atoms with Crippen molar-refractivity contribution >= 4 is 5.91 Å². The number of amides is 1. The summed E-state index contributed by atoms with van der Waals surface area (Å²) in [5, 5.41) is 11.7. The van der Waals surface area contributed by atoms with Crippen LogP contribution in [0.3, 0.4) is 0 Å². The number of hydrogen-bond acceptors (Lipinski definition) is 3. The van der Waals surface area contributed by atoms with Gasteiger partial charge >= 0.3 is 0 Å². The first kappa shape index (κ1) is 10.5. The molecule has 0 spiro atoms. The average molecular weight is 186 g/mol. The van der Waals surface area contributed by atoms with Gasteiger partial charge in [0, 0.05) is 13.1 Å². The Balaban J connectivity index is 2.54. The van der Waals surface area contributed by atoms with E-state index in [4.69, 9.17) is 5.11 Å². The van der Waals surface area contributed by atoms with Crippen LogP contribution in [-0.4, -0.2) is 48.2 Å². The molecule has 0 aromatic carbocycles. The Morgan fingerprint density at radius 1 is 1.77 bits per heavy atom. The number of aliphatic hydroxyl groups excluding tert-OH is 1. The minimum Gasteiger partial charge on any atom is -0.395 e. The van der Waals surface area contributed by atoms with Gasteiger partial charge in [-0.15, -0.1) is 0 Å². The highest BCUT2D eigenvalue weighted by Crippen LogP contribution is 2.19. The maximum Gasteiger partial charge on any atom is 0.236 e. The molecule has 1 fully saturated rings. The summed E-state index contributed by atoms with van der Waals surface area (Å²) in [4.78, 5) is 13.4. The predicted octanol–water partition coefficient (Wildman–Crippen LogP) is -0.422. The number of hydrogen-bond donors (Lipinski definition) is 2. The Bertz CT molecular complexity index is 184. The molecule has 1 unspecified atom stereocenters. The lowest BCUT2D eigenvalue weighted by atomic mass is 10.2. The van der Waals surface area contributed by atoms with E-state index in [-0.39, 0.29) is 24.6 Å². The lowest BCUT2D eigenvalue weighted by Crippen LogP contribution is -2.47. The summed E-state index contributed by atoms with van der Waals surface area (Å²) in [7, 11) is 1.64. The van der Waals surface area contributed by atoms with Crippen LogP contribution in [0.25, 0.3) is 0 Å². The molecule has 1 heterocycles. The number of likely N-dealkylation sites (tertiary alicyclic amines) is 1. The topological polar surface area (TPSA) is 52.6 Å². The Morgan fingerprint density at radius 3 is 3.00 bits per heavy atom. The van der Waals surface area contributed by atoms with E-state index in [1.54, 1.807) is 7.05 Å². The number of carbonyl (C=O) groups excluding carboxylic acids is 1.